The van der Waals surface area contributed by atoms with Crippen LogP contribution in [0.5, 0.6) is 0 Å². The summed E-state index contributed by atoms with van der Waals surface area (Å²) >= 11 is 0. The van der Waals surface area contributed by atoms with Crippen molar-refractivity contribution < 1.29 is 15.0 Å². The topological polar surface area (TPSA) is 69.6 Å². The Morgan fingerprint density at radius 1 is 0.511 bits per heavy atom. The molecule has 0 aliphatic rings. The van der Waals surface area contributed by atoms with Gasteiger partial charge in [-0.1, -0.05) is 219 Å². The summed E-state index contributed by atoms with van der Waals surface area (Å²) in [4.78, 5) is 12.1. The predicted octanol–water partition coefficient (Wildman–Crippen LogP) is 12.3. The van der Waals surface area contributed by atoms with Crippen molar-refractivity contribution in [1.82, 2.24) is 5.32 Å². The second kappa shape index (κ2) is 37.6. The van der Waals surface area contributed by atoms with Crippen LogP contribution in [0.2, 0.25) is 0 Å². The highest BCUT2D eigenvalue weighted by Gasteiger charge is 2.17. The van der Waals surface area contributed by atoms with E-state index >= 15 is 0 Å². The van der Waals surface area contributed by atoms with Gasteiger partial charge >= 0.3 is 0 Å². The first-order valence-electron chi connectivity index (χ1n) is 20.4. The molecule has 0 saturated heterocycles. The van der Waals surface area contributed by atoms with Crippen LogP contribution in [0.4, 0.5) is 0 Å². The molecule has 0 radical (unpaired) electrons. The Morgan fingerprint density at radius 3 is 1.11 bits per heavy atom. The zero-order valence-corrected chi connectivity index (χ0v) is 30.7. The minimum atomic E-state index is -0.830. The molecule has 0 fully saturated rings. The van der Waals surface area contributed by atoms with E-state index in [0.717, 1.165) is 25.7 Å². The van der Waals surface area contributed by atoms with Crippen molar-refractivity contribution >= 4 is 5.91 Å². The van der Waals surface area contributed by atoms with Crippen LogP contribution in [-0.4, -0.2) is 34.9 Å². The van der Waals surface area contributed by atoms with Crippen molar-refractivity contribution in [2.75, 3.05) is 6.61 Å². The van der Waals surface area contributed by atoms with Crippen LogP contribution in [-0.2, 0) is 4.79 Å². The fraction of sp³-hybridized carbons (Fsp3) is 0.927. The lowest BCUT2D eigenvalue weighted by molar-refractivity contribution is -0.123. The molecular weight excluding hydrogens is 554 g/mol. The third-order valence-electron chi connectivity index (χ3n) is 9.50. The molecule has 0 spiro atoms. The van der Waals surface area contributed by atoms with Crippen molar-refractivity contribution in [3.8, 4) is 0 Å². The van der Waals surface area contributed by atoms with E-state index in [1.807, 2.05) is 6.08 Å². The Hall–Kier alpha value is -0.870. The summed E-state index contributed by atoms with van der Waals surface area (Å²) in [5.41, 5.74) is 0. The molecule has 0 aromatic carbocycles. The Balaban J connectivity index is 3.26. The Kier molecular flexibility index (Phi) is 36.9. The number of rotatable bonds is 37. The lowest BCUT2D eigenvalue weighted by Crippen LogP contribution is -2.45. The minimum absolute atomic E-state index is 0.0720. The number of aliphatic hydroxyl groups excluding tert-OH is 2. The molecule has 0 saturated carbocycles. The van der Waals surface area contributed by atoms with Gasteiger partial charge in [-0.2, -0.15) is 0 Å². The number of carbonyl (C=O) groups is 1. The molecule has 0 bridgehead atoms. The molecule has 0 rings (SSSR count). The third kappa shape index (κ3) is 34.3. The maximum atomic E-state index is 12.1. The van der Waals surface area contributed by atoms with Crippen molar-refractivity contribution in [3.05, 3.63) is 12.2 Å². The van der Waals surface area contributed by atoms with Gasteiger partial charge in [0.05, 0.1) is 18.8 Å². The van der Waals surface area contributed by atoms with Crippen molar-refractivity contribution in [2.45, 2.75) is 238 Å². The van der Waals surface area contributed by atoms with E-state index in [0.29, 0.717) is 6.42 Å². The van der Waals surface area contributed by atoms with E-state index in [4.69, 9.17) is 0 Å². The van der Waals surface area contributed by atoms with Gasteiger partial charge in [0.15, 0.2) is 0 Å². The van der Waals surface area contributed by atoms with Crippen LogP contribution in [0.3, 0.4) is 0 Å². The van der Waals surface area contributed by atoms with E-state index in [-0.39, 0.29) is 12.5 Å². The molecule has 0 heterocycles. The van der Waals surface area contributed by atoms with E-state index in [9.17, 15) is 15.0 Å². The molecule has 1 amide bonds. The first-order valence-corrected chi connectivity index (χ1v) is 20.4. The summed E-state index contributed by atoms with van der Waals surface area (Å²) < 4.78 is 0. The summed E-state index contributed by atoms with van der Waals surface area (Å²) in [6.07, 6.45) is 46.9. The standard InChI is InChI=1S/C41H81NO3/c1-3-5-7-8-9-10-11-12-13-14-15-16-17-18-19-20-21-22-23-24-25-26-27-28-29-30-31-32-33-35-37-41(45)42-39(38-43)40(44)36-34-6-4-2/h34,36,39-40,43-44H,3-33,35,37-38H2,1-2H3,(H,42,45)/b36-34+. The highest BCUT2D eigenvalue weighted by Crippen LogP contribution is 2.16. The van der Waals surface area contributed by atoms with Crippen LogP contribution < -0.4 is 5.32 Å². The maximum Gasteiger partial charge on any atom is 0.220 e. The SMILES string of the molecule is CCC/C=C/C(O)C(CO)NC(=O)CCCCCCCCCCCCCCCCCCCCCCCCCCCCCCCC. The molecule has 2 atom stereocenters. The summed E-state index contributed by atoms with van der Waals surface area (Å²) in [6, 6.07) is -0.612. The summed E-state index contributed by atoms with van der Waals surface area (Å²) in [5, 5.41) is 22.4. The van der Waals surface area contributed by atoms with Gasteiger partial charge in [0, 0.05) is 6.42 Å². The number of hydrogen-bond donors (Lipinski definition) is 3. The molecule has 0 aromatic rings. The van der Waals surface area contributed by atoms with Gasteiger partial charge in [0.2, 0.25) is 5.91 Å². The van der Waals surface area contributed by atoms with E-state index in [2.05, 4.69) is 19.2 Å². The molecule has 0 aromatic heterocycles. The van der Waals surface area contributed by atoms with Crippen molar-refractivity contribution in [3.63, 3.8) is 0 Å². The second-order valence-electron chi connectivity index (χ2n) is 14.1. The number of amides is 1. The van der Waals surface area contributed by atoms with Crippen molar-refractivity contribution in [1.29, 1.82) is 0 Å². The van der Waals surface area contributed by atoms with Crippen LogP contribution in [0, 0.1) is 0 Å². The normalized spacial score (nSPS) is 13.1. The average Bonchev–Trinajstić information content (AvgIpc) is 3.04. The fourth-order valence-electron chi connectivity index (χ4n) is 6.36. The highest BCUT2D eigenvalue weighted by molar-refractivity contribution is 5.76. The molecule has 45 heavy (non-hydrogen) atoms. The van der Waals surface area contributed by atoms with Gasteiger partial charge in [-0.05, 0) is 12.8 Å². The lowest BCUT2D eigenvalue weighted by Gasteiger charge is -2.19. The first-order chi connectivity index (χ1) is 22.2. The Labute approximate surface area is 282 Å². The summed E-state index contributed by atoms with van der Waals surface area (Å²) in [6.45, 7) is 4.13. The molecular formula is C41H81NO3. The summed E-state index contributed by atoms with van der Waals surface area (Å²) in [7, 11) is 0. The number of carbonyl (C=O) groups excluding carboxylic acids is 1. The van der Waals surface area contributed by atoms with E-state index < -0.39 is 12.1 Å². The molecule has 4 heteroatoms. The van der Waals surface area contributed by atoms with E-state index in [1.165, 1.54) is 180 Å². The number of allylic oxidation sites excluding steroid dienone is 1. The van der Waals surface area contributed by atoms with Crippen LogP contribution in [0.25, 0.3) is 0 Å². The zero-order chi connectivity index (χ0) is 32.9. The third-order valence-corrected chi connectivity index (χ3v) is 9.50. The highest BCUT2D eigenvalue weighted by atomic mass is 16.3. The number of nitrogens with one attached hydrogen (secondary N) is 1. The van der Waals surface area contributed by atoms with Gasteiger partial charge in [-0.25, -0.2) is 0 Å². The van der Waals surface area contributed by atoms with Crippen LogP contribution in [0.15, 0.2) is 12.2 Å². The molecule has 3 N–H and O–H groups in total. The first kappa shape index (κ1) is 44.1. The predicted molar refractivity (Wildman–Crippen MR) is 198 cm³/mol. The van der Waals surface area contributed by atoms with Gasteiger partial charge < -0.3 is 15.5 Å². The smallest absolute Gasteiger partial charge is 0.220 e. The second-order valence-corrected chi connectivity index (χ2v) is 14.1. The number of unbranched alkanes of at least 4 members (excludes halogenated alkanes) is 30. The van der Waals surface area contributed by atoms with Gasteiger partial charge in [0.1, 0.15) is 0 Å². The fourth-order valence-corrected chi connectivity index (χ4v) is 6.36. The van der Waals surface area contributed by atoms with Gasteiger partial charge in [-0.15, -0.1) is 0 Å². The zero-order valence-electron chi connectivity index (χ0n) is 30.7. The monoisotopic (exact) mass is 636 g/mol. The van der Waals surface area contributed by atoms with Crippen molar-refractivity contribution in [2.24, 2.45) is 0 Å². The average molecular weight is 636 g/mol. The Morgan fingerprint density at radius 2 is 0.822 bits per heavy atom. The largest absolute Gasteiger partial charge is 0.394 e. The minimum Gasteiger partial charge on any atom is -0.394 e. The molecule has 0 aliphatic heterocycles. The molecule has 2 unspecified atom stereocenters. The quantitative estimate of drug-likeness (QED) is 0.0470. The molecule has 268 valence electrons. The summed E-state index contributed by atoms with van der Waals surface area (Å²) in [5.74, 6) is -0.0720. The molecule has 4 nitrogen and oxygen atoms in total. The van der Waals surface area contributed by atoms with Gasteiger partial charge in [0.25, 0.3) is 0 Å². The van der Waals surface area contributed by atoms with E-state index in [1.54, 1.807) is 6.08 Å². The van der Waals surface area contributed by atoms with Gasteiger partial charge in [-0.3, -0.25) is 4.79 Å². The molecule has 0 aliphatic carbocycles. The maximum absolute atomic E-state index is 12.1. The lowest BCUT2D eigenvalue weighted by atomic mass is 10.0. The van der Waals surface area contributed by atoms with Crippen LogP contribution >= 0.6 is 0 Å². The number of aliphatic hydroxyl groups is 2. The van der Waals surface area contributed by atoms with Crippen LogP contribution in [0.1, 0.15) is 226 Å². The number of hydrogen-bond acceptors (Lipinski definition) is 3. The Bertz CT molecular complexity index is 608.